The van der Waals surface area contributed by atoms with E-state index in [0.29, 0.717) is 0 Å². The molecule has 0 saturated heterocycles. The molecule has 5 nitrogen and oxygen atoms in total. The van der Waals surface area contributed by atoms with E-state index in [1.165, 1.54) is 0 Å². The second kappa shape index (κ2) is 1.80. The minimum atomic E-state index is 0.722. The van der Waals surface area contributed by atoms with Gasteiger partial charge in [-0.3, -0.25) is 0 Å². The minimum absolute atomic E-state index is 0.722. The van der Waals surface area contributed by atoms with Crippen LogP contribution in [0.25, 0.3) is 0 Å². The van der Waals surface area contributed by atoms with Gasteiger partial charge in [0.2, 0.25) is 5.95 Å². The highest BCUT2D eigenvalue weighted by Gasteiger charge is 2.08. The number of nitrogens with one attached hydrogen (secondary N) is 1. The van der Waals surface area contributed by atoms with Crippen LogP contribution in [0.4, 0.5) is 5.95 Å². The minimum Gasteiger partial charge on any atom is -0.327 e. The highest BCUT2D eigenvalue weighted by atomic mass is 15.6. The van der Waals surface area contributed by atoms with Crippen molar-refractivity contribution in [2.45, 2.75) is 13.5 Å². The number of aromatic nitrogens is 4. The Kier molecular flexibility index (Phi) is 0.969. The quantitative estimate of drug-likeness (QED) is 0.547. The van der Waals surface area contributed by atoms with E-state index < -0.39 is 0 Å². The lowest BCUT2D eigenvalue weighted by Gasteiger charge is -2.10. The Bertz CT molecular complexity index is 273. The Balaban J connectivity index is 2.39. The highest BCUT2D eigenvalue weighted by molar-refractivity contribution is 5.34. The number of hydrogen-bond acceptors (Lipinski definition) is 4. The maximum Gasteiger partial charge on any atom is 0.247 e. The van der Waals surface area contributed by atoms with Gasteiger partial charge in [-0.05, 0) is 23.4 Å². The largest absolute Gasteiger partial charge is 0.327 e. The Morgan fingerprint density at radius 1 is 1.70 bits per heavy atom. The van der Waals surface area contributed by atoms with Gasteiger partial charge in [-0.15, -0.1) is 0 Å². The fraction of sp³-hybridized carbons (Fsp3) is 0.400. The van der Waals surface area contributed by atoms with Gasteiger partial charge in [0.25, 0.3) is 0 Å². The fourth-order valence-corrected chi connectivity index (χ4v) is 0.868. The summed E-state index contributed by atoms with van der Waals surface area (Å²) in [7, 11) is 0. The second-order valence-corrected chi connectivity index (χ2v) is 2.20. The molecule has 0 aliphatic carbocycles. The monoisotopic (exact) mass is 137 g/mol. The summed E-state index contributed by atoms with van der Waals surface area (Å²) in [6.07, 6.45) is 2.03. The molecule has 0 bridgehead atoms. The average Bonchev–Trinajstić information content (AvgIpc) is 2.33. The van der Waals surface area contributed by atoms with Gasteiger partial charge in [-0.2, -0.15) is 0 Å². The molecule has 0 fully saturated rings. The first-order valence-electron chi connectivity index (χ1n) is 3.06. The standard InChI is InChI=1S/C5H7N5/c1-4-2-3-10-5(6-4)7-8-9-10/h2H,3H2,1H3,(H,6,7,9). The summed E-state index contributed by atoms with van der Waals surface area (Å²) < 4.78 is 1.70. The molecule has 0 aromatic carbocycles. The first-order chi connectivity index (χ1) is 4.86. The first kappa shape index (κ1) is 5.40. The van der Waals surface area contributed by atoms with Gasteiger partial charge in [0.1, 0.15) is 0 Å². The summed E-state index contributed by atoms with van der Waals surface area (Å²) in [5, 5.41) is 14.0. The average molecular weight is 137 g/mol. The molecule has 1 aromatic rings. The number of hydrogen-bond donors (Lipinski definition) is 1. The number of anilines is 1. The normalized spacial score (nSPS) is 15.5. The van der Waals surface area contributed by atoms with Crippen LogP contribution in [0.15, 0.2) is 11.8 Å². The molecular weight excluding hydrogens is 130 g/mol. The van der Waals surface area contributed by atoms with Crippen LogP contribution >= 0.6 is 0 Å². The summed E-state index contributed by atoms with van der Waals surface area (Å²) in [6.45, 7) is 2.75. The highest BCUT2D eigenvalue weighted by Crippen LogP contribution is 2.09. The van der Waals surface area contributed by atoms with E-state index in [1.54, 1.807) is 4.68 Å². The summed E-state index contributed by atoms with van der Waals surface area (Å²) in [4.78, 5) is 0. The molecule has 1 N–H and O–H groups in total. The number of nitrogens with zero attached hydrogens (tertiary/aromatic N) is 4. The van der Waals surface area contributed by atoms with Gasteiger partial charge in [0.15, 0.2) is 0 Å². The van der Waals surface area contributed by atoms with Crippen molar-refractivity contribution in [3.8, 4) is 0 Å². The van der Waals surface area contributed by atoms with Crippen LogP contribution in [-0.4, -0.2) is 20.2 Å². The lowest BCUT2D eigenvalue weighted by Crippen LogP contribution is -2.12. The Morgan fingerprint density at radius 3 is 3.50 bits per heavy atom. The third kappa shape index (κ3) is 0.671. The fourth-order valence-electron chi connectivity index (χ4n) is 0.868. The molecule has 0 unspecified atom stereocenters. The van der Waals surface area contributed by atoms with E-state index in [9.17, 15) is 0 Å². The Morgan fingerprint density at radius 2 is 2.60 bits per heavy atom. The van der Waals surface area contributed by atoms with Gasteiger partial charge in [-0.1, -0.05) is 5.10 Å². The molecule has 0 saturated carbocycles. The molecule has 0 radical (unpaired) electrons. The zero-order valence-corrected chi connectivity index (χ0v) is 5.57. The molecule has 1 aromatic heterocycles. The molecule has 2 heterocycles. The number of rotatable bonds is 0. The van der Waals surface area contributed by atoms with Gasteiger partial charge < -0.3 is 5.32 Å². The van der Waals surface area contributed by atoms with Crippen molar-refractivity contribution >= 4 is 5.95 Å². The lowest BCUT2D eigenvalue weighted by molar-refractivity contribution is 0.654. The summed E-state index contributed by atoms with van der Waals surface area (Å²) in [5.74, 6) is 0.722. The third-order valence-electron chi connectivity index (χ3n) is 1.41. The first-order valence-corrected chi connectivity index (χ1v) is 3.06. The zero-order valence-electron chi connectivity index (χ0n) is 5.57. The smallest absolute Gasteiger partial charge is 0.247 e. The molecule has 5 heteroatoms. The molecule has 1 aliphatic heterocycles. The van der Waals surface area contributed by atoms with Gasteiger partial charge in [0, 0.05) is 5.70 Å². The van der Waals surface area contributed by atoms with E-state index in [2.05, 4.69) is 20.8 Å². The lowest BCUT2D eigenvalue weighted by atomic mass is 10.4. The molecule has 52 valence electrons. The molecule has 10 heavy (non-hydrogen) atoms. The number of fused-ring (bicyclic) bond motifs is 1. The number of allylic oxidation sites excluding steroid dienone is 2. The molecule has 0 spiro atoms. The van der Waals surface area contributed by atoms with Crippen molar-refractivity contribution in [1.29, 1.82) is 0 Å². The van der Waals surface area contributed by atoms with Gasteiger partial charge in [-0.25, -0.2) is 4.68 Å². The van der Waals surface area contributed by atoms with Gasteiger partial charge in [0.05, 0.1) is 6.54 Å². The van der Waals surface area contributed by atoms with Crippen LogP contribution in [-0.2, 0) is 6.54 Å². The van der Waals surface area contributed by atoms with Crippen molar-refractivity contribution < 1.29 is 0 Å². The predicted molar refractivity (Wildman–Crippen MR) is 35.2 cm³/mol. The van der Waals surface area contributed by atoms with E-state index in [4.69, 9.17) is 0 Å². The molecular formula is C5H7N5. The molecule has 1 aliphatic rings. The molecule has 0 amide bonds. The van der Waals surface area contributed by atoms with E-state index >= 15 is 0 Å². The SMILES string of the molecule is CC1=CCn2nnnc2N1. The van der Waals surface area contributed by atoms with Crippen LogP contribution in [0, 0.1) is 0 Å². The number of tetrazole rings is 1. The van der Waals surface area contributed by atoms with Crippen molar-refractivity contribution in [2.24, 2.45) is 0 Å². The van der Waals surface area contributed by atoms with Gasteiger partial charge >= 0.3 is 0 Å². The van der Waals surface area contributed by atoms with Crippen molar-refractivity contribution in [3.05, 3.63) is 11.8 Å². The van der Waals surface area contributed by atoms with Crippen LogP contribution in [0.5, 0.6) is 0 Å². The third-order valence-corrected chi connectivity index (χ3v) is 1.41. The van der Waals surface area contributed by atoms with Crippen LogP contribution in [0.1, 0.15) is 6.92 Å². The Labute approximate surface area is 57.7 Å². The van der Waals surface area contributed by atoms with Crippen LogP contribution < -0.4 is 5.32 Å². The molecule has 2 rings (SSSR count). The summed E-state index contributed by atoms with van der Waals surface area (Å²) in [6, 6.07) is 0. The van der Waals surface area contributed by atoms with Crippen LogP contribution in [0.3, 0.4) is 0 Å². The maximum absolute atomic E-state index is 3.76. The van der Waals surface area contributed by atoms with Crippen LogP contribution in [0.2, 0.25) is 0 Å². The summed E-state index contributed by atoms with van der Waals surface area (Å²) >= 11 is 0. The predicted octanol–water partition coefficient (Wildman–Crippen LogP) is 0.00240. The van der Waals surface area contributed by atoms with Crippen molar-refractivity contribution in [2.75, 3.05) is 5.32 Å². The van der Waals surface area contributed by atoms with Crippen molar-refractivity contribution in [1.82, 2.24) is 20.2 Å². The topological polar surface area (TPSA) is 55.6 Å². The molecule has 0 atom stereocenters. The van der Waals surface area contributed by atoms with E-state index in [0.717, 1.165) is 18.2 Å². The Hall–Kier alpha value is -1.39. The summed E-state index contributed by atoms with van der Waals surface area (Å²) in [5.41, 5.74) is 1.10. The maximum atomic E-state index is 3.76. The second-order valence-electron chi connectivity index (χ2n) is 2.20. The van der Waals surface area contributed by atoms with Crippen molar-refractivity contribution in [3.63, 3.8) is 0 Å². The zero-order chi connectivity index (χ0) is 6.97. The van der Waals surface area contributed by atoms with E-state index in [-0.39, 0.29) is 0 Å². The van der Waals surface area contributed by atoms with E-state index in [1.807, 2.05) is 13.0 Å².